The molecule has 0 aromatic heterocycles. The molecule has 0 amide bonds. The highest BCUT2D eigenvalue weighted by Crippen LogP contribution is 2.20. The molecular formula is C11H24O3. The van der Waals surface area contributed by atoms with Crippen molar-refractivity contribution in [1.82, 2.24) is 0 Å². The summed E-state index contributed by atoms with van der Waals surface area (Å²) >= 11 is 0. The van der Waals surface area contributed by atoms with Gasteiger partial charge in [0.2, 0.25) is 0 Å². The number of hydrogen-bond donors (Lipinski definition) is 2. The third-order valence-corrected chi connectivity index (χ3v) is 2.88. The number of ether oxygens (including phenoxy) is 1. The van der Waals surface area contributed by atoms with Gasteiger partial charge in [-0.2, -0.15) is 0 Å². The van der Waals surface area contributed by atoms with Crippen molar-refractivity contribution in [3.05, 3.63) is 0 Å². The standard InChI is InChI=1S/C11H24O3/c1-9(7-8-12)5-6-10(13)11(2,3)14-4/h9-10,12-13H,5-8H2,1-4H3. The van der Waals surface area contributed by atoms with E-state index in [0.717, 1.165) is 19.3 Å². The highest BCUT2D eigenvalue weighted by atomic mass is 16.5. The van der Waals surface area contributed by atoms with Crippen LogP contribution >= 0.6 is 0 Å². The van der Waals surface area contributed by atoms with Crippen LogP contribution in [0.1, 0.15) is 40.0 Å². The minimum Gasteiger partial charge on any atom is -0.396 e. The number of methoxy groups -OCH3 is 1. The van der Waals surface area contributed by atoms with Gasteiger partial charge in [0, 0.05) is 13.7 Å². The van der Waals surface area contributed by atoms with Crippen LogP contribution in [0.3, 0.4) is 0 Å². The Kier molecular flexibility index (Phi) is 6.33. The highest BCUT2D eigenvalue weighted by molar-refractivity contribution is 4.78. The Hall–Kier alpha value is -0.120. The van der Waals surface area contributed by atoms with E-state index < -0.39 is 11.7 Å². The largest absolute Gasteiger partial charge is 0.396 e. The van der Waals surface area contributed by atoms with Gasteiger partial charge in [0.1, 0.15) is 0 Å². The first kappa shape index (κ1) is 13.9. The molecule has 2 atom stereocenters. The number of aliphatic hydroxyl groups excluding tert-OH is 2. The SMILES string of the molecule is COC(C)(C)C(O)CCC(C)CCO. The third kappa shape index (κ3) is 4.94. The second-order valence-electron chi connectivity index (χ2n) is 4.52. The van der Waals surface area contributed by atoms with E-state index in [0.29, 0.717) is 5.92 Å². The van der Waals surface area contributed by atoms with Gasteiger partial charge in [-0.05, 0) is 39.0 Å². The molecule has 0 aromatic rings. The summed E-state index contributed by atoms with van der Waals surface area (Å²) in [4.78, 5) is 0. The summed E-state index contributed by atoms with van der Waals surface area (Å²) < 4.78 is 5.19. The zero-order valence-corrected chi connectivity index (χ0v) is 9.79. The second-order valence-corrected chi connectivity index (χ2v) is 4.52. The average Bonchev–Trinajstić information content (AvgIpc) is 2.14. The van der Waals surface area contributed by atoms with E-state index in [4.69, 9.17) is 9.84 Å². The monoisotopic (exact) mass is 204 g/mol. The molecule has 3 nitrogen and oxygen atoms in total. The Morgan fingerprint density at radius 3 is 2.21 bits per heavy atom. The summed E-state index contributed by atoms with van der Waals surface area (Å²) in [5.74, 6) is 0.460. The van der Waals surface area contributed by atoms with Gasteiger partial charge in [-0.15, -0.1) is 0 Å². The molecule has 3 heteroatoms. The van der Waals surface area contributed by atoms with E-state index in [9.17, 15) is 5.11 Å². The van der Waals surface area contributed by atoms with Crippen molar-refractivity contribution < 1.29 is 14.9 Å². The first-order valence-electron chi connectivity index (χ1n) is 5.28. The lowest BCUT2D eigenvalue weighted by atomic mass is 9.92. The molecule has 0 rings (SSSR count). The van der Waals surface area contributed by atoms with Crippen LogP contribution in [0.5, 0.6) is 0 Å². The van der Waals surface area contributed by atoms with Crippen molar-refractivity contribution in [2.24, 2.45) is 5.92 Å². The highest BCUT2D eigenvalue weighted by Gasteiger charge is 2.27. The lowest BCUT2D eigenvalue weighted by molar-refractivity contribution is -0.0818. The normalized spacial score (nSPS) is 16.7. The summed E-state index contributed by atoms with van der Waals surface area (Å²) in [6.45, 7) is 6.08. The maximum absolute atomic E-state index is 9.81. The molecule has 14 heavy (non-hydrogen) atoms. The van der Waals surface area contributed by atoms with Crippen molar-refractivity contribution in [3.8, 4) is 0 Å². The Bertz CT molecular complexity index is 145. The number of aliphatic hydroxyl groups is 2. The zero-order chi connectivity index (χ0) is 11.2. The average molecular weight is 204 g/mol. The smallest absolute Gasteiger partial charge is 0.0880 e. The molecule has 0 aromatic carbocycles. The minimum absolute atomic E-state index is 0.227. The van der Waals surface area contributed by atoms with E-state index in [1.807, 2.05) is 13.8 Å². The van der Waals surface area contributed by atoms with Crippen molar-refractivity contribution in [2.75, 3.05) is 13.7 Å². The van der Waals surface area contributed by atoms with E-state index in [1.54, 1.807) is 7.11 Å². The first-order chi connectivity index (χ1) is 6.44. The Labute approximate surface area is 87.1 Å². The van der Waals surface area contributed by atoms with Gasteiger partial charge in [0.25, 0.3) is 0 Å². The van der Waals surface area contributed by atoms with Gasteiger partial charge in [0.15, 0.2) is 0 Å². The molecule has 0 radical (unpaired) electrons. The van der Waals surface area contributed by atoms with Crippen LogP contribution in [0.2, 0.25) is 0 Å². The summed E-state index contributed by atoms with van der Waals surface area (Å²) in [5.41, 5.74) is -0.473. The van der Waals surface area contributed by atoms with Crippen LogP contribution in [0.25, 0.3) is 0 Å². The molecule has 2 N–H and O–H groups in total. The zero-order valence-electron chi connectivity index (χ0n) is 9.79. The van der Waals surface area contributed by atoms with E-state index in [1.165, 1.54) is 0 Å². The molecule has 0 spiro atoms. The molecular weight excluding hydrogens is 180 g/mol. The maximum Gasteiger partial charge on any atom is 0.0880 e. The molecule has 0 aliphatic carbocycles. The number of hydrogen-bond acceptors (Lipinski definition) is 3. The van der Waals surface area contributed by atoms with Crippen LogP contribution < -0.4 is 0 Å². The summed E-state index contributed by atoms with van der Waals surface area (Å²) in [7, 11) is 1.61. The van der Waals surface area contributed by atoms with Crippen molar-refractivity contribution in [3.63, 3.8) is 0 Å². The topological polar surface area (TPSA) is 49.7 Å². The van der Waals surface area contributed by atoms with Crippen LogP contribution in [0, 0.1) is 5.92 Å². The number of rotatable bonds is 7. The Morgan fingerprint density at radius 2 is 1.79 bits per heavy atom. The maximum atomic E-state index is 9.81. The molecule has 0 aliphatic rings. The van der Waals surface area contributed by atoms with Crippen molar-refractivity contribution in [1.29, 1.82) is 0 Å². The van der Waals surface area contributed by atoms with Gasteiger partial charge in [0.05, 0.1) is 11.7 Å². The molecule has 0 saturated carbocycles. The molecule has 86 valence electrons. The predicted octanol–water partition coefficient (Wildman–Crippen LogP) is 1.57. The van der Waals surface area contributed by atoms with Crippen LogP contribution in [-0.4, -0.2) is 35.6 Å². The molecule has 0 bridgehead atoms. The van der Waals surface area contributed by atoms with E-state index in [-0.39, 0.29) is 6.61 Å². The Morgan fingerprint density at radius 1 is 1.21 bits per heavy atom. The van der Waals surface area contributed by atoms with Crippen LogP contribution in [-0.2, 0) is 4.74 Å². The van der Waals surface area contributed by atoms with Gasteiger partial charge in [-0.25, -0.2) is 0 Å². The Balaban J connectivity index is 3.78. The van der Waals surface area contributed by atoms with E-state index >= 15 is 0 Å². The molecule has 0 saturated heterocycles. The van der Waals surface area contributed by atoms with Gasteiger partial charge < -0.3 is 14.9 Å². The molecule has 0 fully saturated rings. The third-order valence-electron chi connectivity index (χ3n) is 2.88. The summed E-state index contributed by atoms with van der Waals surface area (Å²) in [5, 5.41) is 18.5. The summed E-state index contributed by atoms with van der Waals surface area (Å²) in [6.07, 6.45) is 2.02. The van der Waals surface area contributed by atoms with Crippen molar-refractivity contribution in [2.45, 2.75) is 51.7 Å². The fourth-order valence-corrected chi connectivity index (χ4v) is 1.29. The lowest BCUT2D eigenvalue weighted by Crippen LogP contribution is -2.38. The second kappa shape index (κ2) is 6.38. The quantitative estimate of drug-likeness (QED) is 0.662. The lowest BCUT2D eigenvalue weighted by Gasteiger charge is -2.29. The van der Waals surface area contributed by atoms with Gasteiger partial charge in [-0.3, -0.25) is 0 Å². The molecule has 0 heterocycles. The van der Waals surface area contributed by atoms with Crippen molar-refractivity contribution >= 4 is 0 Å². The molecule has 2 unspecified atom stereocenters. The predicted molar refractivity (Wildman–Crippen MR) is 57.2 cm³/mol. The molecule has 0 aliphatic heterocycles. The van der Waals surface area contributed by atoms with Gasteiger partial charge >= 0.3 is 0 Å². The van der Waals surface area contributed by atoms with Crippen LogP contribution in [0.4, 0.5) is 0 Å². The minimum atomic E-state index is -0.473. The summed E-state index contributed by atoms with van der Waals surface area (Å²) in [6, 6.07) is 0. The van der Waals surface area contributed by atoms with Crippen LogP contribution in [0.15, 0.2) is 0 Å². The van der Waals surface area contributed by atoms with E-state index in [2.05, 4.69) is 6.92 Å². The fourth-order valence-electron chi connectivity index (χ4n) is 1.29. The first-order valence-corrected chi connectivity index (χ1v) is 5.28. The fraction of sp³-hybridized carbons (Fsp3) is 1.00. The van der Waals surface area contributed by atoms with Gasteiger partial charge in [-0.1, -0.05) is 6.92 Å².